The summed E-state index contributed by atoms with van der Waals surface area (Å²) in [6, 6.07) is 0. The minimum absolute atomic E-state index is 0.986. The number of fused-ring (bicyclic) bond motifs is 1. The molecular weight excluding hydrogens is 250 g/mol. The predicted octanol–water partition coefficient (Wildman–Crippen LogP) is 5.08. The van der Waals surface area contributed by atoms with E-state index in [0.29, 0.717) is 0 Å². The molecule has 1 aromatic heterocycles. The highest BCUT2D eigenvalue weighted by Crippen LogP contribution is 2.39. The Morgan fingerprint density at radius 3 is 2.89 bits per heavy atom. The SMILES string of the molecule is C=Cc1c(NC(=C)C2=CC=CC2)sc2c1CCCC2. The molecule has 0 bridgehead atoms. The molecule has 2 aliphatic carbocycles. The Hall–Kier alpha value is -1.54. The highest BCUT2D eigenvalue weighted by molar-refractivity contribution is 7.16. The second-order valence-electron chi connectivity index (χ2n) is 5.09. The standard InChI is InChI=1S/C17H19NS/c1-3-14-15-10-6-7-11-16(15)19-17(14)18-12(2)13-8-4-5-9-13/h3-5,8,18H,1-2,6-7,9-11H2. The molecule has 2 heteroatoms. The molecule has 2 aliphatic rings. The molecule has 0 spiro atoms. The molecular formula is C17H19NS. The molecule has 0 atom stereocenters. The van der Waals surface area contributed by atoms with Gasteiger partial charge in [0.2, 0.25) is 0 Å². The Kier molecular flexibility index (Phi) is 3.43. The molecule has 0 amide bonds. The van der Waals surface area contributed by atoms with Crippen molar-refractivity contribution in [1.82, 2.24) is 0 Å². The van der Waals surface area contributed by atoms with Gasteiger partial charge < -0.3 is 5.32 Å². The summed E-state index contributed by atoms with van der Waals surface area (Å²) >= 11 is 1.88. The van der Waals surface area contributed by atoms with Crippen LogP contribution in [0.25, 0.3) is 6.08 Å². The van der Waals surface area contributed by atoms with Gasteiger partial charge in [0.1, 0.15) is 5.00 Å². The van der Waals surface area contributed by atoms with Gasteiger partial charge in [0, 0.05) is 16.1 Å². The first-order chi connectivity index (χ1) is 9.29. The monoisotopic (exact) mass is 269 g/mol. The second kappa shape index (κ2) is 5.22. The summed E-state index contributed by atoms with van der Waals surface area (Å²) in [6.07, 6.45) is 14.4. The van der Waals surface area contributed by atoms with Gasteiger partial charge in [-0.2, -0.15) is 0 Å². The molecule has 0 radical (unpaired) electrons. The zero-order chi connectivity index (χ0) is 13.2. The lowest BCUT2D eigenvalue weighted by Crippen LogP contribution is -2.01. The topological polar surface area (TPSA) is 12.0 Å². The van der Waals surface area contributed by atoms with E-state index in [1.165, 1.54) is 52.3 Å². The van der Waals surface area contributed by atoms with E-state index in [2.05, 4.69) is 36.7 Å². The molecule has 0 aliphatic heterocycles. The second-order valence-corrected chi connectivity index (χ2v) is 6.19. The Bertz CT molecular complexity index is 587. The predicted molar refractivity (Wildman–Crippen MR) is 85.7 cm³/mol. The fourth-order valence-corrected chi connectivity index (χ4v) is 4.11. The normalized spacial score (nSPS) is 16.9. The van der Waals surface area contributed by atoms with Crippen molar-refractivity contribution in [2.24, 2.45) is 0 Å². The van der Waals surface area contributed by atoms with E-state index in [1.54, 1.807) is 0 Å². The summed E-state index contributed by atoms with van der Waals surface area (Å²) in [4.78, 5) is 1.54. The number of thiophene rings is 1. The highest BCUT2D eigenvalue weighted by Gasteiger charge is 2.19. The molecule has 1 heterocycles. The Balaban J connectivity index is 1.86. The number of nitrogens with one attached hydrogen (secondary N) is 1. The van der Waals surface area contributed by atoms with E-state index >= 15 is 0 Å². The van der Waals surface area contributed by atoms with Crippen LogP contribution in [-0.4, -0.2) is 0 Å². The summed E-state index contributed by atoms with van der Waals surface area (Å²) in [5.41, 5.74) is 5.11. The summed E-state index contributed by atoms with van der Waals surface area (Å²) in [5.74, 6) is 0. The number of anilines is 1. The molecule has 0 fully saturated rings. The van der Waals surface area contributed by atoms with Crippen molar-refractivity contribution in [2.75, 3.05) is 5.32 Å². The number of rotatable bonds is 4. The van der Waals surface area contributed by atoms with E-state index in [-0.39, 0.29) is 0 Å². The van der Waals surface area contributed by atoms with Crippen LogP contribution in [0.2, 0.25) is 0 Å². The summed E-state index contributed by atoms with van der Waals surface area (Å²) in [5, 5.41) is 4.73. The lowest BCUT2D eigenvalue weighted by atomic mass is 9.95. The van der Waals surface area contributed by atoms with Gasteiger partial charge in [-0.05, 0) is 43.2 Å². The van der Waals surface area contributed by atoms with Gasteiger partial charge in [0.15, 0.2) is 0 Å². The van der Waals surface area contributed by atoms with Crippen LogP contribution in [0.15, 0.2) is 42.7 Å². The zero-order valence-corrected chi connectivity index (χ0v) is 12.0. The molecule has 0 saturated heterocycles. The van der Waals surface area contributed by atoms with Gasteiger partial charge in [-0.15, -0.1) is 11.3 Å². The first-order valence-electron chi connectivity index (χ1n) is 6.88. The van der Waals surface area contributed by atoms with Gasteiger partial charge in [0.25, 0.3) is 0 Å². The van der Waals surface area contributed by atoms with Crippen LogP contribution in [0.4, 0.5) is 5.00 Å². The first kappa shape index (κ1) is 12.5. The van der Waals surface area contributed by atoms with E-state index in [9.17, 15) is 0 Å². The number of hydrogen-bond acceptors (Lipinski definition) is 2. The van der Waals surface area contributed by atoms with Crippen LogP contribution in [0.1, 0.15) is 35.3 Å². The Morgan fingerprint density at radius 2 is 2.16 bits per heavy atom. The zero-order valence-electron chi connectivity index (χ0n) is 11.2. The van der Waals surface area contributed by atoms with Crippen LogP contribution >= 0.6 is 11.3 Å². The van der Waals surface area contributed by atoms with Gasteiger partial charge in [0.05, 0.1) is 0 Å². The third kappa shape index (κ3) is 2.33. The summed E-state index contributed by atoms with van der Waals surface area (Å²) < 4.78 is 0. The maximum Gasteiger partial charge on any atom is 0.101 e. The van der Waals surface area contributed by atoms with Crippen LogP contribution in [0.3, 0.4) is 0 Å². The van der Waals surface area contributed by atoms with Crippen LogP contribution in [-0.2, 0) is 12.8 Å². The fourth-order valence-electron chi connectivity index (χ4n) is 2.79. The van der Waals surface area contributed by atoms with Gasteiger partial charge >= 0.3 is 0 Å². The largest absolute Gasteiger partial charge is 0.347 e. The van der Waals surface area contributed by atoms with E-state index in [0.717, 1.165) is 12.1 Å². The van der Waals surface area contributed by atoms with Crippen molar-refractivity contribution in [3.8, 4) is 0 Å². The van der Waals surface area contributed by atoms with Crippen molar-refractivity contribution in [3.05, 3.63) is 58.7 Å². The average molecular weight is 269 g/mol. The highest BCUT2D eigenvalue weighted by atomic mass is 32.1. The molecule has 3 rings (SSSR count). The minimum atomic E-state index is 0.986. The number of allylic oxidation sites excluding steroid dienone is 4. The van der Waals surface area contributed by atoms with E-state index in [4.69, 9.17) is 0 Å². The van der Waals surface area contributed by atoms with Crippen molar-refractivity contribution in [1.29, 1.82) is 0 Å². The van der Waals surface area contributed by atoms with Crippen molar-refractivity contribution < 1.29 is 0 Å². The fraction of sp³-hybridized carbons (Fsp3) is 0.294. The lowest BCUT2D eigenvalue weighted by molar-refractivity contribution is 0.696. The van der Waals surface area contributed by atoms with E-state index < -0.39 is 0 Å². The van der Waals surface area contributed by atoms with Gasteiger partial charge in [-0.1, -0.05) is 37.5 Å². The molecule has 1 nitrogen and oxygen atoms in total. The van der Waals surface area contributed by atoms with Gasteiger partial charge in [-0.25, -0.2) is 0 Å². The van der Waals surface area contributed by atoms with Crippen LogP contribution in [0, 0.1) is 0 Å². The third-order valence-electron chi connectivity index (χ3n) is 3.84. The molecule has 1 N–H and O–H groups in total. The van der Waals surface area contributed by atoms with Crippen LogP contribution < -0.4 is 5.32 Å². The summed E-state index contributed by atoms with van der Waals surface area (Å²) in [6.45, 7) is 8.15. The lowest BCUT2D eigenvalue weighted by Gasteiger charge is -2.11. The summed E-state index contributed by atoms with van der Waals surface area (Å²) in [7, 11) is 0. The first-order valence-corrected chi connectivity index (χ1v) is 7.70. The van der Waals surface area contributed by atoms with Crippen molar-refractivity contribution >= 4 is 22.4 Å². The van der Waals surface area contributed by atoms with Gasteiger partial charge in [-0.3, -0.25) is 0 Å². The van der Waals surface area contributed by atoms with Crippen molar-refractivity contribution in [3.63, 3.8) is 0 Å². The Morgan fingerprint density at radius 1 is 1.32 bits per heavy atom. The molecule has 1 aromatic rings. The molecule has 0 aromatic carbocycles. The quantitative estimate of drug-likeness (QED) is 0.803. The molecule has 19 heavy (non-hydrogen) atoms. The minimum Gasteiger partial charge on any atom is -0.347 e. The Labute approximate surface area is 119 Å². The average Bonchev–Trinajstić information content (AvgIpc) is 3.05. The van der Waals surface area contributed by atoms with Crippen LogP contribution in [0.5, 0.6) is 0 Å². The number of aryl methyl sites for hydroxylation is 1. The molecule has 0 unspecified atom stereocenters. The molecule has 98 valence electrons. The maximum absolute atomic E-state index is 4.17. The molecule has 0 saturated carbocycles. The number of hydrogen-bond donors (Lipinski definition) is 1. The van der Waals surface area contributed by atoms with E-state index in [1.807, 2.05) is 17.4 Å². The van der Waals surface area contributed by atoms with Crippen molar-refractivity contribution in [2.45, 2.75) is 32.1 Å². The third-order valence-corrected chi connectivity index (χ3v) is 5.06. The maximum atomic E-state index is 4.17. The smallest absolute Gasteiger partial charge is 0.101 e.